The molecule has 0 atom stereocenters. The molecule has 3 aromatic rings. The van der Waals surface area contributed by atoms with Crippen molar-refractivity contribution in [1.82, 2.24) is 9.88 Å². The Morgan fingerprint density at radius 2 is 1.74 bits per heavy atom. The van der Waals surface area contributed by atoms with E-state index in [1.54, 1.807) is 17.2 Å². The number of halogens is 2. The third kappa shape index (κ3) is 3.73. The Hall–Kier alpha value is -2.30. The molecular weight excluding hydrogens is 381 g/mol. The molecule has 0 aliphatic rings. The molecule has 0 radical (unpaired) electrons. The van der Waals surface area contributed by atoms with Crippen LogP contribution in [0.2, 0.25) is 10.0 Å². The van der Waals surface area contributed by atoms with Crippen LogP contribution in [0.25, 0.3) is 10.8 Å². The SMILES string of the molecule is CCN(CC)C(=O)c1cnc(Nc2cccc(Cl)c2C)c2cccc(Cl)c12. The molecule has 0 saturated carbocycles. The number of benzene rings is 2. The number of hydrogen-bond acceptors (Lipinski definition) is 3. The molecule has 1 heterocycles. The van der Waals surface area contributed by atoms with Crippen LogP contribution >= 0.6 is 23.2 Å². The first-order valence-electron chi connectivity index (χ1n) is 8.86. The Morgan fingerprint density at radius 3 is 2.44 bits per heavy atom. The fraction of sp³-hybridized carbons (Fsp3) is 0.238. The molecule has 1 N–H and O–H groups in total. The second-order valence-corrected chi connectivity index (χ2v) is 7.01. The first-order chi connectivity index (χ1) is 13.0. The van der Waals surface area contributed by atoms with Crippen molar-refractivity contribution in [2.75, 3.05) is 18.4 Å². The summed E-state index contributed by atoms with van der Waals surface area (Å²) in [5, 5.41) is 6.02. The number of carbonyl (C=O) groups is 1. The van der Waals surface area contributed by atoms with Crippen LogP contribution in [-0.2, 0) is 0 Å². The standard InChI is InChI=1S/C21H21Cl2N3O/c1-4-26(5-2)21(27)15-12-24-20(14-8-6-10-17(23)19(14)15)25-18-11-7-9-16(22)13(18)3/h6-12H,4-5H2,1-3H3,(H,24,25). The summed E-state index contributed by atoms with van der Waals surface area (Å²) in [6.45, 7) is 7.11. The number of fused-ring (bicyclic) bond motifs is 1. The van der Waals surface area contributed by atoms with Crippen LogP contribution in [0.3, 0.4) is 0 Å². The lowest BCUT2D eigenvalue weighted by Crippen LogP contribution is -2.30. The lowest BCUT2D eigenvalue weighted by Gasteiger charge is -2.20. The number of amides is 1. The predicted molar refractivity (Wildman–Crippen MR) is 113 cm³/mol. The van der Waals surface area contributed by atoms with Crippen molar-refractivity contribution in [1.29, 1.82) is 0 Å². The summed E-state index contributed by atoms with van der Waals surface area (Å²) < 4.78 is 0. The van der Waals surface area contributed by atoms with Gasteiger partial charge in [-0.2, -0.15) is 0 Å². The van der Waals surface area contributed by atoms with Gasteiger partial charge in [0.2, 0.25) is 0 Å². The highest BCUT2D eigenvalue weighted by Gasteiger charge is 2.20. The van der Waals surface area contributed by atoms with E-state index < -0.39 is 0 Å². The van der Waals surface area contributed by atoms with E-state index in [0.29, 0.717) is 39.9 Å². The average Bonchev–Trinajstić information content (AvgIpc) is 2.67. The Labute approximate surface area is 169 Å². The van der Waals surface area contributed by atoms with E-state index in [9.17, 15) is 4.79 Å². The molecule has 27 heavy (non-hydrogen) atoms. The van der Waals surface area contributed by atoms with Crippen molar-refractivity contribution in [3.8, 4) is 0 Å². The molecular formula is C21H21Cl2N3O. The van der Waals surface area contributed by atoms with Gasteiger partial charge in [-0.25, -0.2) is 4.98 Å². The quantitative estimate of drug-likeness (QED) is 0.563. The maximum Gasteiger partial charge on any atom is 0.256 e. The van der Waals surface area contributed by atoms with Crippen LogP contribution in [0.4, 0.5) is 11.5 Å². The summed E-state index contributed by atoms with van der Waals surface area (Å²) in [5.74, 6) is 0.560. The number of anilines is 2. The maximum absolute atomic E-state index is 12.9. The molecule has 0 aliphatic carbocycles. The van der Waals surface area contributed by atoms with E-state index in [1.807, 2.05) is 51.1 Å². The van der Waals surface area contributed by atoms with Crippen LogP contribution in [0.15, 0.2) is 42.6 Å². The van der Waals surface area contributed by atoms with E-state index in [2.05, 4.69) is 10.3 Å². The molecule has 6 heteroatoms. The summed E-state index contributed by atoms with van der Waals surface area (Å²) in [7, 11) is 0. The molecule has 0 aliphatic heterocycles. The number of nitrogens with zero attached hydrogens (tertiary/aromatic N) is 2. The summed E-state index contributed by atoms with van der Waals surface area (Å²) in [5.41, 5.74) is 2.30. The number of nitrogens with one attached hydrogen (secondary N) is 1. The van der Waals surface area contributed by atoms with Crippen LogP contribution < -0.4 is 5.32 Å². The van der Waals surface area contributed by atoms with Crippen molar-refractivity contribution >= 4 is 51.4 Å². The number of pyridine rings is 1. The molecule has 0 fully saturated rings. The molecule has 3 rings (SSSR count). The van der Waals surface area contributed by atoms with Gasteiger partial charge >= 0.3 is 0 Å². The molecule has 1 aromatic heterocycles. The topological polar surface area (TPSA) is 45.2 Å². The Balaban J connectivity index is 2.15. The van der Waals surface area contributed by atoms with E-state index in [1.165, 1.54) is 0 Å². The zero-order valence-corrected chi connectivity index (χ0v) is 17.0. The summed E-state index contributed by atoms with van der Waals surface area (Å²) in [6, 6.07) is 11.2. The van der Waals surface area contributed by atoms with Gasteiger partial charge in [-0.05, 0) is 44.5 Å². The van der Waals surface area contributed by atoms with Crippen molar-refractivity contribution in [2.45, 2.75) is 20.8 Å². The Kier molecular flexibility index (Phi) is 5.88. The summed E-state index contributed by atoms with van der Waals surface area (Å²) in [6.07, 6.45) is 1.59. The maximum atomic E-state index is 12.9. The highest BCUT2D eigenvalue weighted by Crippen LogP contribution is 2.34. The molecule has 140 valence electrons. The summed E-state index contributed by atoms with van der Waals surface area (Å²) in [4.78, 5) is 19.2. The Morgan fingerprint density at radius 1 is 1.07 bits per heavy atom. The minimum atomic E-state index is -0.0731. The number of aromatic nitrogens is 1. The molecule has 0 bridgehead atoms. The molecule has 4 nitrogen and oxygen atoms in total. The van der Waals surface area contributed by atoms with Gasteiger partial charge in [-0.1, -0.05) is 41.4 Å². The second kappa shape index (κ2) is 8.15. The smallest absolute Gasteiger partial charge is 0.256 e. The highest BCUT2D eigenvalue weighted by atomic mass is 35.5. The first kappa shape index (κ1) is 19.5. The zero-order chi connectivity index (χ0) is 19.6. The molecule has 0 saturated heterocycles. The molecule has 0 unspecified atom stereocenters. The zero-order valence-electron chi connectivity index (χ0n) is 15.5. The average molecular weight is 402 g/mol. The first-order valence-corrected chi connectivity index (χ1v) is 9.62. The van der Waals surface area contributed by atoms with E-state index in [-0.39, 0.29) is 5.91 Å². The van der Waals surface area contributed by atoms with Crippen molar-refractivity contribution < 1.29 is 4.79 Å². The van der Waals surface area contributed by atoms with Gasteiger partial charge in [-0.3, -0.25) is 4.79 Å². The number of carbonyl (C=O) groups excluding carboxylic acids is 1. The van der Waals surface area contributed by atoms with Gasteiger partial charge in [0.15, 0.2) is 0 Å². The molecule has 2 aromatic carbocycles. The van der Waals surface area contributed by atoms with Gasteiger partial charge in [0.25, 0.3) is 5.91 Å². The largest absolute Gasteiger partial charge is 0.339 e. The van der Waals surface area contributed by atoms with Gasteiger partial charge in [0, 0.05) is 45.8 Å². The number of hydrogen-bond donors (Lipinski definition) is 1. The summed E-state index contributed by atoms with van der Waals surface area (Å²) >= 11 is 12.7. The minimum Gasteiger partial charge on any atom is -0.339 e. The van der Waals surface area contributed by atoms with Crippen molar-refractivity contribution in [3.05, 3.63) is 63.8 Å². The lowest BCUT2D eigenvalue weighted by atomic mass is 10.1. The third-order valence-corrected chi connectivity index (χ3v) is 5.39. The van der Waals surface area contributed by atoms with Crippen molar-refractivity contribution in [2.24, 2.45) is 0 Å². The van der Waals surface area contributed by atoms with Crippen LogP contribution in [0.5, 0.6) is 0 Å². The lowest BCUT2D eigenvalue weighted by molar-refractivity contribution is 0.0774. The molecule has 0 spiro atoms. The minimum absolute atomic E-state index is 0.0731. The third-order valence-electron chi connectivity index (χ3n) is 4.66. The monoisotopic (exact) mass is 401 g/mol. The van der Waals surface area contributed by atoms with Crippen LogP contribution in [0.1, 0.15) is 29.8 Å². The fourth-order valence-corrected chi connectivity index (χ4v) is 3.52. The predicted octanol–water partition coefficient (Wildman–Crippen LogP) is 6.08. The number of rotatable bonds is 5. The fourth-order valence-electron chi connectivity index (χ4n) is 3.07. The van der Waals surface area contributed by atoms with Gasteiger partial charge in [0.05, 0.1) is 5.56 Å². The highest BCUT2D eigenvalue weighted by molar-refractivity contribution is 6.37. The normalized spacial score (nSPS) is 10.9. The van der Waals surface area contributed by atoms with Crippen LogP contribution in [0, 0.1) is 6.92 Å². The van der Waals surface area contributed by atoms with Gasteiger partial charge in [-0.15, -0.1) is 0 Å². The van der Waals surface area contributed by atoms with E-state index >= 15 is 0 Å². The second-order valence-electron chi connectivity index (χ2n) is 6.20. The van der Waals surface area contributed by atoms with Gasteiger partial charge in [0.1, 0.15) is 5.82 Å². The Bertz CT molecular complexity index is 1000. The van der Waals surface area contributed by atoms with E-state index in [4.69, 9.17) is 23.2 Å². The molecule has 1 amide bonds. The van der Waals surface area contributed by atoms with Crippen molar-refractivity contribution in [3.63, 3.8) is 0 Å². The van der Waals surface area contributed by atoms with Gasteiger partial charge < -0.3 is 10.2 Å². The van der Waals surface area contributed by atoms with E-state index in [0.717, 1.165) is 16.6 Å². The van der Waals surface area contributed by atoms with Crippen LogP contribution in [-0.4, -0.2) is 28.9 Å².